The zero-order valence-electron chi connectivity index (χ0n) is 12.7. The van der Waals surface area contributed by atoms with E-state index in [0.717, 1.165) is 43.1 Å². The molecule has 114 valence electrons. The van der Waals surface area contributed by atoms with E-state index in [1.165, 1.54) is 25.9 Å². The van der Waals surface area contributed by atoms with E-state index >= 15 is 0 Å². The molecule has 0 unspecified atom stereocenters. The van der Waals surface area contributed by atoms with Gasteiger partial charge in [-0.3, -0.25) is 4.79 Å². The van der Waals surface area contributed by atoms with Crippen LogP contribution in [0, 0.1) is 0 Å². The molecule has 1 fully saturated rings. The minimum absolute atomic E-state index is 0.101. The van der Waals surface area contributed by atoms with Crippen molar-refractivity contribution >= 4 is 17.3 Å². The Bertz CT molecular complexity index is 511. The Hall–Kier alpha value is -1.75. The summed E-state index contributed by atoms with van der Waals surface area (Å²) in [5.74, 6) is 0.101. The Kier molecular flexibility index (Phi) is 4.29. The quantitative estimate of drug-likeness (QED) is 0.885. The normalized spacial score (nSPS) is 17.8. The maximum atomic E-state index is 12.5. The van der Waals surface area contributed by atoms with Crippen molar-refractivity contribution in [3.8, 4) is 0 Å². The highest BCUT2D eigenvalue weighted by atomic mass is 16.2. The van der Waals surface area contributed by atoms with Gasteiger partial charge >= 0.3 is 0 Å². The van der Waals surface area contributed by atoms with Crippen LogP contribution in [-0.2, 0) is 0 Å². The van der Waals surface area contributed by atoms with Crippen LogP contribution in [0.4, 0.5) is 11.4 Å². The molecule has 1 amide bonds. The molecule has 0 atom stereocenters. The van der Waals surface area contributed by atoms with Crippen LogP contribution in [0.5, 0.6) is 0 Å². The predicted molar refractivity (Wildman–Crippen MR) is 86.1 cm³/mol. The first-order chi connectivity index (χ1) is 10.2. The molecule has 2 heterocycles. The molecule has 1 aromatic carbocycles. The number of amides is 1. The van der Waals surface area contributed by atoms with Crippen molar-refractivity contribution in [2.75, 3.05) is 56.9 Å². The lowest BCUT2D eigenvalue weighted by Crippen LogP contribution is -2.35. The summed E-state index contributed by atoms with van der Waals surface area (Å²) in [6.07, 6.45) is 2.59. The van der Waals surface area contributed by atoms with Gasteiger partial charge in [-0.25, -0.2) is 0 Å². The fraction of sp³-hybridized carbons (Fsp3) is 0.562. The first-order valence-electron chi connectivity index (χ1n) is 7.83. The van der Waals surface area contributed by atoms with Gasteiger partial charge in [0.1, 0.15) is 0 Å². The highest BCUT2D eigenvalue weighted by Crippen LogP contribution is 2.25. The number of rotatable bonds is 4. The van der Waals surface area contributed by atoms with Crippen LogP contribution in [0.1, 0.15) is 23.2 Å². The predicted octanol–water partition coefficient (Wildman–Crippen LogP) is 1.69. The highest BCUT2D eigenvalue weighted by Gasteiger charge is 2.17. The highest BCUT2D eigenvalue weighted by molar-refractivity contribution is 5.96. The van der Waals surface area contributed by atoms with Crippen molar-refractivity contribution < 1.29 is 4.79 Å². The first-order valence-corrected chi connectivity index (χ1v) is 7.83. The fourth-order valence-corrected chi connectivity index (χ4v) is 2.99. The lowest BCUT2D eigenvalue weighted by molar-refractivity contribution is 0.0782. The van der Waals surface area contributed by atoms with Crippen LogP contribution in [0.25, 0.3) is 0 Å². The summed E-state index contributed by atoms with van der Waals surface area (Å²) in [4.78, 5) is 16.8. The second kappa shape index (κ2) is 6.35. The minimum atomic E-state index is 0.101. The van der Waals surface area contributed by atoms with E-state index in [2.05, 4.69) is 15.5 Å². The third-order valence-electron chi connectivity index (χ3n) is 4.32. The molecule has 0 aromatic heterocycles. The van der Waals surface area contributed by atoms with Crippen molar-refractivity contribution in [3.63, 3.8) is 0 Å². The van der Waals surface area contributed by atoms with E-state index in [1.54, 1.807) is 0 Å². The van der Waals surface area contributed by atoms with E-state index in [1.807, 2.05) is 30.1 Å². The molecule has 0 spiro atoms. The molecular formula is C16H24N4O. The molecule has 5 heteroatoms. The molecule has 2 N–H and O–H groups in total. The van der Waals surface area contributed by atoms with Crippen LogP contribution in [0.3, 0.4) is 0 Å². The third kappa shape index (κ3) is 3.29. The molecule has 1 saturated heterocycles. The summed E-state index contributed by atoms with van der Waals surface area (Å²) >= 11 is 0. The molecule has 1 aromatic rings. The second-order valence-corrected chi connectivity index (χ2v) is 5.89. The van der Waals surface area contributed by atoms with Gasteiger partial charge in [0.25, 0.3) is 5.91 Å². The number of hydrogen-bond donors (Lipinski definition) is 2. The largest absolute Gasteiger partial charge is 0.382 e. The van der Waals surface area contributed by atoms with Gasteiger partial charge < -0.3 is 20.4 Å². The van der Waals surface area contributed by atoms with Crippen LogP contribution < -0.4 is 10.6 Å². The van der Waals surface area contributed by atoms with Crippen molar-refractivity contribution in [2.24, 2.45) is 0 Å². The summed E-state index contributed by atoms with van der Waals surface area (Å²) in [5.41, 5.74) is 2.87. The number of anilines is 2. The number of fused-ring (bicyclic) bond motifs is 1. The molecule has 2 aliphatic rings. The van der Waals surface area contributed by atoms with Crippen LogP contribution in [0.2, 0.25) is 0 Å². The van der Waals surface area contributed by atoms with Gasteiger partial charge in [-0.05, 0) is 44.1 Å². The van der Waals surface area contributed by atoms with E-state index in [4.69, 9.17) is 0 Å². The van der Waals surface area contributed by atoms with E-state index < -0.39 is 0 Å². The van der Waals surface area contributed by atoms with Crippen LogP contribution in [-0.4, -0.2) is 62.0 Å². The van der Waals surface area contributed by atoms with Gasteiger partial charge in [0.2, 0.25) is 0 Å². The summed E-state index contributed by atoms with van der Waals surface area (Å²) in [5, 5.41) is 6.66. The molecule has 0 saturated carbocycles. The van der Waals surface area contributed by atoms with Crippen LogP contribution in [0.15, 0.2) is 18.2 Å². The third-order valence-corrected chi connectivity index (χ3v) is 4.32. The SMILES string of the molecule is CN(CCN1CCCC1)C(=O)c1ccc2c(c1)NCCN2. The number of nitrogens with one attached hydrogen (secondary N) is 2. The maximum absolute atomic E-state index is 12.5. The number of nitrogens with zero attached hydrogens (tertiary/aromatic N) is 2. The Balaban J connectivity index is 1.60. The van der Waals surface area contributed by atoms with Crippen molar-refractivity contribution in [1.82, 2.24) is 9.80 Å². The Morgan fingerprint density at radius 2 is 1.90 bits per heavy atom. The molecule has 2 aliphatic heterocycles. The maximum Gasteiger partial charge on any atom is 0.253 e. The smallest absolute Gasteiger partial charge is 0.253 e. The topological polar surface area (TPSA) is 47.6 Å². The zero-order valence-corrected chi connectivity index (χ0v) is 12.7. The molecular weight excluding hydrogens is 264 g/mol. The molecule has 0 aliphatic carbocycles. The summed E-state index contributed by atoms with van der Waals surface area (Å²) in [6.45, 7) is 5.95. The zero-order chi connectivity index (χ0) is 14.7. The van der Waals surface area contributed by atoms with Crippen molar-refractivity contribution in [2.45, 2.75) is 12.8 Å². The first kappa shape index (κ1) is 14.2. The number of carbonyl (C=O) groups excluding carboxylic acids is 1. The van der Waals surface area contributed by atoms with Gasteiger partial charge in [-0.15, -0.1) is 0 Å². The van der Waals surface area contributed by atoms with Gasteiger partial charge in [0.05, 0.1) is 11.4 Å². The summed E-state index contributed by atoms with van der Waals surface area (Å²) in [7, 11) is 1.89. The number of benzene rings is 1. The molecule has 0 bridgehead atoms. The Morgan fingerprint density at radius 3 is 2.67 bits per heavy atom. The molecule has 5 nitrogen and oxygen atoms in total. The summed E-state index contributed by atoms with van der Waals surface area (Å²) < 4.78 is 0. The average molecular weight is 288 g/mol. The van der Waals surface area contributed by atoms with E-state index in [0.29, 0.717) is 0 Å². The second-order valence-electron chi connectivity index (χ2n) is 5.89. The van der Waals surface area contributed by atoms with Crippen molar-refractivity contribution in [3.05, 3.63) is 23.8 Å². The number of carbonyl (C=O) groups is 1. The molecule has 0 radical (unpaired) electrons. The number of likely N-dealkylation sites (tertiary alicyclic amines) is 1. The van der Waals surface area contributed by atoms with Gasteiger partial charge in [0, 0.05) is 38.8 Å². The van der Waals surface area contributed by atoms with E-state index in [9.17, 15) is 4.79 Å². The summed E-state index contributed by atoms with van der Waals surface area (Å²) in [6, 6.07) is 5.85. The fourth-order valence-electron chi connectivity index (χ4n) is 2.99. The lowest BCUT2D eigenvalue weighted by Gasteiger charge is -2.23. The average Bonchev–Trinajstić information content (AvgIpc) is 3.05. The minimum Gasteiger partial charge on any atom is -0.382 e. The lowest BCUT2D eigenvalue weighted by atomic mass is 10.1. The monoisotopic (exact) mass is 288 g/mol. The Morgan fingerprint density at radius 1 is 1.19 bits per heavy atom. The molecule has 3 rings (SSSR count). The standard InChI is InChI=1S/C16H24N4O/c1-19(10-11-20-8-2-3-9-20)16(21)13-4-5-14-15(12-13)18-7-6-17-14/h4-5,12,17-18H,2-3,6-11H2,1H3. The van der Waals surface area contributed by atoms with Gasteiger partial charge in [-0.2, -0.15) is 0 Å². The van der Waals surface area contributed by atoms with Crippen LogP contribution >= 0.6 is 0 Å². The number of likely N-dealkylation sites (N-methyl/N-ethyl adjacent to an activating group) is 1. The van der Waals surface area contributed by atoms with Crippen molar-refractivity contribution in [1.29, 1.82) is 0 Å². The van der Waals surface area contributed by atoms with E-state index in [-0.39, 0.29) is 5.91 Å². The molecule has 21 heavy (non-hydrogen) atoms. The Labute approximate surface area is 126 Å². The van der Waals surface area contributed by atoms with Gasteiger partial charge in [-0.1, -0.05) is 0 Å². The van der Waals surface area contributed by atoms with Gasteiger partial charge in [0.15, 0.2) is 0 Å². The number of hydrogen-bond acceptors (Lipinski definition) is 4.